The van der Waals surface area contributed by atoms with Crippen molar-refractivity contribution in [1.29, 1.82) is 0 Å². The summed E-state index contributed by atoms with van der Waals surface area (Å²) in [5.41, 5.74) is 4.35. The molecule has 0 aliphatic rings. The zero-order chi connectivity index (χ0) is 26.9. The van der Waals surface area contributed by atoms with E-state index in [-0.39, 0.29) is 17.9 Å². The first-order valence-corrected chi connectivity index (χ1v) is 13.6. The molecule has 196 valence electrons. The molecule has 4 aromatic carbocycles. The van der Waals surface area contributed by atoms with E-state index < -0.39 is 6.04 Å². The quantitative estimate of drug-likeness (QED) is 0.248. The molecule has 4 nitrogen and oxygen atoms in total. The molecule has 0 unspecified atom stereocenters. The van der Waals surface area contributed by atoms with E-state index in [1.54, 1.807) is 4.90 Å². The van der Waals surface area contributed by atoms with Crippen LogP contribution in [0.4, 0.5) is 0 Å². The SMILES string of the molecule is CC[C@H](C)NC(=O)[C@@H](Cc1ccccc1)N(Cc1ccccc1C)C(=O)CCc1cccc2ccccc12. The summed E-state index contributed by atoms with van der Waals surface area (Å²) in [6, 6.07) is 32.0. The predicted molar refractivity (Wildman–Crippen MR) is 156 cm³/mol. The minimum atomic E-state index is -0.606. The second-order valence-corrected chi connectivity index (χ2v) is 10.1. The van der Waals surface area contributed by atoms with Gasteiger partial charge in [-0.15, -0.1) is 0 Å². The summed E-state index contributed by atoms with van der Waals surface area (Å²) in [6.45, 7) is 6.51. The molecule has 0 saturated heterocycles. The van der Waals surface area contributed by atoms with E-state index in [0.717, 1.165) is 28.7 Å². The van der Waals surface area contributed by atoms with Crippen molar-refractivity contribution in [3.05, 3.63) is 119 Å². The Labute approximate surface area is 226 Å². The number of nitrogens with one attached hydrogen (secondary N) is 1. The normalized spacial score (nSPS) is 12.6. The van der Waals surface area contributed by atoms with Crippen LogP contribution in [-0.4, -0.2) is 28.8 Å². The van der Waals surface area contributed by atoms with Crippen LogP contribution < -0.4 is 5.32 Å². The van der Waals surface area contributed by atoms with Crippen LogP contribution in [0.15, 0.2) is 97.1 Å². The molecular formula is C34H38N2O2. The molecule has 0 radical (unpaired) electrons. The average Bonchev–Trinajstić information content (AvgIpc) is 2.94. The Morgan fingerprint density at radius 3 is 2.24 bits per heavy atom. The maximum atomic E-state index is 14.0. The molecule has 4 heteroatoms. The average molecular weight is 507 g/mol. The third kappa shape index (κ3) is 6.89. The van der Waals surface area contributed by atoms with Crippen LogP contribution in [0.5, 0.6) is 0 Å². The van der Waals surface area contributed by atoms with Crippen LogP contribution in [0.1, 0.15) is 48.9 Å². The first-order valence-electron chi connectivity index (χ1n) is 13.6. The van der Waals surface area contributed by atoms with Gasteiger partial charge in [0.1, 0.15) is 6.04 Å². The number of rotatable bonds is 11. The van der Waals surface area contributed by atoms with Gasteiger partial charge in [-0.3, -0.25) is 9.59 Å². The summed E-state index contributed by atoms with van der Waals surface area (Å²) in [7, 11) is 0. The maximum absolute atomic E-state index is 14.0. The highest BCUT2D eigenvalue weighted by molar-refractivity contribution is 5.89. The second-order valence-electron chi connectivity index (χ2n) is 10.1. The summed E-state index contributed by atoms with van der Waals surface area (Å²) in [5.74, 6) is -0.114. The van der Waals surface area contributed by atoms with Gasteiger partial charge in [0.2, 0.25) is 11.8 Å². The zero-order valence-electron chi connectivity index (χ0n) is 22.7. The maximum Gasteiger partial charge on any atom is 0.243 e. The van der Waals surface area contributed by atoms with Gasteiger partial charge in [0.05, 0.1) is 0 Å². The largest absolute Gasteiger partial charge is 0.352 e. The number of amides is 2. The van der Waals surface area contributed by atoms with Crippen molar-refractivity contribution < 1.29 is 9.59 Å². The van der Waals surface area contributed by atoms with Crippen LogP contribution in [0.3, 0.4) is 0 Å². The number of nitrogens with zero attached hydrogens (tertiary/aromatic N) is 1. The van der Waals surface area contributed by atoms with Gasteiger partial charge in [-0.2, -0.15) is 0 Å². The van der Waals surface area contributed by atoms with E-state index in [2.05, 4.69) is 49.5 Å². The van der Waals surface area contributed by atoms with Gasteiger partial charge >= 0.3 is 0 Å². The summed E-state index contributed by atoms with van der Waals surface area (Å²) in [6.07, 6.45) is 2.25. The summed E-state index contributed by atoms with van der Waals surface area (Å²) in [4.78, 5) is 29.5. The standard InChI is InChI=1S/C34H38N2O2/c1-4-26(3)35-34(38)32(23-27-14-6-5-7-15-27)36(24-30-17-9-8-13-25(30)2)33(37)22-21-29-19-12-18-28-16-10-11-20-31(28)29/h5-20,26,32H,4,21-24H2,1-3H3,(H,35,38)/t26-,32+/m0/s1. The van der Waals surface area contributed by atoms with Gasteiger partial charge in [0.15, 0.2) is 0 Å². The number of fused-ring (bicyclic) bond motifs is 1. The number of hydrogen-bond acceptors (Lipinski definition) is 2. The fourth-order valence-corrected chi connectivity index (χ4v) is 4.86. The Morgan fingerprint density at radius 1 is 0.816 bits per heavy atom. The third-order valence-electron chi connectivity index (χ3n) is 7.36. The van der Waals surface area contributed by atoms with Crippen molar-refractivity contribution in [1.82, 2.24) is 10.2 Å². The molecule has 2 atom stereocenters. The smallest absolute Gasteiger partial charge is 0.243 e. The highest BCUT2D eigenvalue weighted by atomic mass is 16.2. The zero-order valence-corrected chi connectivity index (χ0v) is 22.7. The van der Waals surface area contributed by atoms with Crippen molar-refractivity contribution in [3.8, 4) is 0 Å². The Hall–Kier alpha value is -3.92. The predicted octanol–water partition coefficient (Wildman–Crippen LogP) is 6.64. The molecule has 0 saturated carbocycles. The third-order valence-corrected chi connectivity index (χ3v) is 7.36. The van der Waals surface area contributed by atoms with Gasteiger partial charge in [0.25, 0.3) is 0 Å². The number of carbonyl (C=O) groups excluding carboxylic acids is 2. The number of aryl methyl sites for hydroxylation is 2. The van der Waals surface area contributed by atoms with E-state index in [1.807, 2.05) is 73.7 Å². The molecule has 1 N–H and O–H groups in total. The molecule has 0 fully saturated rings. The molecule has 0 spiro atoms. The molecule has 4 aromatic rings. The molecule has 4 rings (SSSR count). The highest BCUT2D eigenvalue weighted by Gasteiger charge is 2.31. The molecule has 0 bridgehead atoms. The minimum Gasteiger partial charge on any atom is -0.352 e. The fourth-order valence-electron chi connectivity index (χ4n) is 4.86. The number of benzene rings is 4. The van der Waals surface area contributed by atoms with Gasteiger partial charge in [-0.1, -0.05) is 104 Å². The van der Waals surface area contributed by atoms with Crippen molar-refractivity contribution in [2.45, 2.75) is 65.1 Å². The van der Waals surface area contributed by atoms with E-state index in [4.69, 9.17) is 0 Å². The van der Waals surface area contributed by atoms with Crippen LogP contribution in [-0.2, 0) is 29.0 Å². The van der Waals surface area contributed by atoms with Crippen LogP contribution in [0.25, 0.3) is 10.8 Å². The lowest BCUT2D eigenvalue weighted by molar-refractivity contribution is -0.141. The Morgan fingerprint density at radius 2 is 1.47 bits per heavy atom. The Kier molecular flexibility index (Phi) is 9.31. The lowest BCUT2D eigenvalue weighted by atomic mass is 9.98. The molecule has 0 aliphatic carbocycles. The molecule has 38 heavy (non-hydrogen) atoms. The Balaban J connectivity index is 1.66. The fraction of sp³-hybridized carbons (Fsp3) is 0.294. The van der Waals surface area contributed by atoms with Gasteiger partial charge < -0.3 is 10.2 Å². The van der Waals surface area contributed by atoms with E-state index in [0.29, 0.717) is 25.8 Å². The highest BCUT2D eigenvalue weighted by Crippen LogP contribution is 2.22. The lowest BCUT2D eigenvalue weighted by Gasteiger charge is -2.33. The second kappa shape index (κ2) is 13.0. The molecule has 0 aromatic heterocycles. The van der Waals surface area contributed by atoms with E-state index in [9.17, 15) is 9.59 Å². The first kappa shape index (κ1) is 27.1. The van der Waals surface area contributed by atoms with Crippen LogP contribution >= 0.6 is 0 Å². The minimum absolute atomic E-state index is 0.0126. The molecule has 2 amide bonds. The van der Waals surface area contributed by atoms with E-state index >= 15 is 0 Å². The molecule has 0 heterocycles. The van der Waals surface area contributed by atoms with Gasteiger partial charge in [0, 0.05) is 25.4 Å². The van der Waals surface area contributed by atoms with Gasteiger partial charge in [-0.25, -0.2) is 0 Å². The summed E-state index contributed by atoms with van der Waals surface area (Å²) < 4.78 is 0. The lowest BCUT2D eigenvalue weighted by Crippen LogP contribution is -2.52. The van der Waals surface area contributed by atoms with Crippen molar-refractivity contribution in [2.24, 2.45) is 0 Å². The van der Waals surface area contributed by atoms with Crippen molar-refractivity contribution >= 4 is 22.6 Å². The molecular weight excluding hydrogens is 468 g/mol. The van der Waals surface area contributed by atoms with Crippen LogP contribution in [0, 0.1) is 6.92 Å². The Bertz CT molecular complexity index is 1360. The monoisotopic (exact) mass is 506 g/mol. The first-order chi connectivity index (χ1) is 18.5. The van der Waals surface area contributed by atoms with Crippen molar-refractivity contribution in [3.63, 3.8) is 0 Å². The number of carbonyl (C=O) groups is 2. The summed E-state index contributed by atoms with van der Waals surface area (Å²) >= 11 is 0. The number of hydrogen-bond donors (Lipinski definition) is 1. The van der Waals surface area contributed by atoms with E-state index in [1.165, 1.54) is 10.8 Å². The van der Waals surface area contributed by atoms with Crippen LogP contribution in [0.2, 0.25) is 0 Å². The van der Waals surface area contributed by atoms with Crippen molar-refractivity contribution in [2.75, 3.05) is 0 Å². The summed E-state index contributed by atoms with van der Waals surface area (Å²) in [5, 5.41) is 5.49. The van der Waals surface area contributed by atoms with Gasteiger partial charge in [-0.05, 0) is 59.7 Å². The topological polar surface area (TPSA) is 49.4 Å². The molecule has 0 aliphatic heterocycles.